The molecule has 2 rings (SSSR count). The second-order valence-electron chi connectivity index (χ2n) is 9.77. The Morgan fingerprint density at radius 3 is 2.34 bits per heavy atom. The lowest BCUT2D eigenvalue weighted by Gasteiger charge is -2.27. The Hall–Kier alpha value is -3.22. The summed E-state index contributed by atoms with van der Waals surface area (Å²) in [7, 11) is 1.56. The van der Waals surface area contributed by atoms with Gasteiger partial charge in [-0.25, -0.2) is 0 Å². The lowest BCUT2D eigenvalue weighted by molar-refractivity contribution is -0.141. The Balaban J connectivity index is 2.00. The summed E-state index contributed by atoms with van der Waals surface area (Å²) in [5, 5.41) is 24.8. The molecular weight excluding hydrogens is 494 g/mol. The molecule has 1 saturated heterocycles. The normalized spacial score (nSPS) is 19.1. The van der Waals surface area contributed by atoms with Gasteiger partial charge < -0.3 is 42.0 Å². The van der Waals surface area contributed by atoms with E-state index in [1.54, 1.807) is 19.2 Å². The summed E-state index contributed by atoms with van der Waals surface area (Å²) in [6.07, 6.45) is 0.162. The quantitative estimate of drug-likeness (QED) is 0.160. The molecule has 12 heteroatoms. The van der Waals surface area contributed by atoms with E-state index in [-0.39, 0.29) is 12.5 Å². The minimum Gasteiger partial charge on any atom is -0.497 e. The van der Waals surface area contributed by atoms with Crippen molar-refractivity contribution in [3.63, 3.8) is 0 Å². The Labute approximate surface area is 223 Å². The van der Waals surface area contributed by atoms with E-state index in [0.717, 1.165) is 5.56 Å². The molecule has 1 aliphatic rings. The van der Waals surface area contributed by atoms with Gasteiger partial charge in [0.15, 0.2) is 0 Å². The molecule has 0 radical (unpaired) electrons. The number of nitrogens with zero attached hydrogens (tertiary/aromatic N) is 1. The van der Waals surface area contributed by atoms with Gasteiger partial charge in [0.2, 0.25) is 23.6 Å². The maximum Gasteiger partial charge on any atom is 0.242 e. The zero-order valence-corrected chi connectivity index (χ0v) is 22.3. The number of carbonyl (C=O) groups excluding carboxylic acids is 4. The van der Waals surface area contributed by atoms with Crippen LogP contribution in [-0.4, -0.2) is 89.3 Å². The molecule has 0 saturated carbocycles. The fourth-order valence-electron chi connectivity index (χ4n) is 4.45. The van der Waals surface area contributed by atoms with E-state index in [4.69, 9.17) is 16.2 Å². The standard InChI is InChI=1S/C26H41N5O7/c1-15(32)21(27)26(37)31-13-5-7-20(31)25(36)29-12-4-6-18(14-17-8-10-19(38-3)11-9-17)24(35)30-22(16(2)33)23(28)34/h8-11,15-16,18,20-22,32-33H,4-7,12-14,27H2,1-3H3,(H2,28,34)(H,29,36)(H,30,35)/t15-,16-,18-,20+,21+,22+/m1/s1. The van der Waals surface area contributed by atoms with Gasteiger partial charge in [0.1, 0.15) is 23.9 Å². The molecule has 6 atom stereocenters. The van der Waals surface area contributed by atoms with Gasteiger partial charge in [-0.05, 0) is 63.6 Å². The summed E-state index contributed by atoms with van der Waals surface area (Å²) in [5.41, 5.74) is 12.0. The van der Waals surface area contributed by atoms with E-state index in [2.05, 4.69) is 10.6 Å². The molecule has 0 aromatic heterocycles. The number of nitrogens with two attached hydrogens (primary N) is 2. The van der Waals surface area contributed by atoms with Crippen LogP contribution < -0.4 is 26.8 Å². The molecule has 0 aliphatic carbocycles. The molecule has 0 unspecified atom stereocenters. The number of rotatable bonds is 14. The maximum absolute atomic E-state index is 13.0. The van der Waals surface area contributed by atoms with Gasteiger partial charge in [-0.15, -0.1) is 0 Å². The molecule has 1 aromatic carbocycles. The number of benzene rings is 1. The highest BCUT2D eigenvalue weighted by molar-refractivity contribution is 5.90. The average molecular weight is 536 g/mol. The number of nitrogens with one attached hydrogen (secondary N) is 2. The van der Waals surface area contributed by atoms with Crippen molar-refractivity contribution in [1.82, 2.24) is 15.5 Å². The molecule has 1 aromatic rings. The van der Waals surface area contributed by atoms with Crippen molar-refractivity contribution >= 4 is 23.6 Å². The zero-order valence-electron chi connectivity index (χ0n) is 22.3. The highest BCUT2D eigenvalue weighted by Gasteiger charge is 2.37. The van der Waals surface area contributed by atoms with E-state index >= 15 is 0 Å². The molecular formula is C26H41N5O7. The molecule has 12 nitrogen and oxygen atoms in total. The lowest BCUT2D eigenvalue weighted by atomic mass is 9.93. The second-order valence-corrected chi connectivity index (χ2v) is 9.77. The number of carbonyl (C=O) groups is 4. The summed E-state index contributed by atoms with van der Waals surface area (Å²) in [4.78, 5) is 51.5. The summed E-state index contributed by atoms with van der Waals surface area (Å²) in [5.74, 6) is -1.93. The third kappa shape index (κ3) is 8.67. The number of hydrogen-bond donors (Lipinski definition) is 6. The van der Waals surface area contributed by atoms with Crippen molar-refractivity contribution in [2.45, 2.75) is 76.3 Å². The Bertz CT molecular complexity index is 954. The average Bonchev–Trinajstić information content (AvgIpc) is 3.37. The fraction of sp³-hybridized carbons (Fsp3) is 0.615. The number of amides is 4. The molecule has 1 heterocycles. The smallest absolute Gasteiger partial charge is 0.242 e. The first-order valence-electron chi connectivity index (χ1n) is 12.9. The van der Waals surface area contributed by atoms with Crippen LogP contribution in [0.15, 0.2) is 24.3 Å². The van der Waals surface area contributed by atoms with Crippen LogP contribution in [0.5, 0.6) is 5.75 Å². The van der Waals surface area contributed by atoms with Gasteiger partial charge in [0, 0.05) is 19.0 Å². The molecule has 4 amide bonds. The largest absolute Gasteiger partial charge is 0.497 e. The van der Waals surface area contributed by atoms with Gasteiger partial charge in [-0.1, -0.05) is 12.1 Å². The third-order valence-electron chi connectivity index (χ3n) is 6.77. The number of likely N-dealkylation sites (tertiary alicyclic amines) is 1. The van der Waals surface area contributed by atoms with Crippen LogP contribution in [0.1, 0.15) is 45.1 Å². The monoisotopic (exact) mass is 535 g/mol. The molecule has 8 N–H and O–H groups in total. The van der Waals surface area contributed by atoms with E-state index in [1.165, 1.54) is 18.7 Å². The van der Waals surface area contributed by atoms with Crippen LogP contribution in [0, 0.1) is 5.92 Å². The van der Waals surface area contributed by atoms with Gasteiger partial charge in [0.05, 0.1) is 19.3 Å². The van der Waals surface area contributed by atoms with E-state index in [1.807, 2.05) is 12.1 Å². The van der Waals surface area contributed by atoms with E-state index < -0.39 is 54.0 Å². The summed E-state index contributed by atoms with van der Waals surface area (Å²) < 4.78 is 5.18. The first kappa shape index (κ1) is 31.0. The lowest BCUT2D eigenvalue weighted by Crippen LogP contribution is -2.54. The number of ether oxygens (including phenoxy) is 1. The Morgan fingerprint density at radius 2 is 1.79 bits per heavy atom. The van der Waals surface area contributed by atoms with Crippen LogP contribution in [0.3, 0.4) is 0 Å². The van der Waals surface area contributed by atoms with E-state index in [9.17, 15) is 29.4 Å². The van der Waals surface area contributed by atoms with Crippen molar-refractivity contribution in [3.8, 4) is 5.75 Å². The van der Waals surface area contributed by atoms with Crippen molar-refractivity contribution in [2.24, 2.45) is 17.4 Å². The second kappa shape index (κ2) is 14.6. The molecule has 0 bridgehead atoms. The number of methoxy groups -OCH3 is 1. The Morgan fingerprint density at radius 1 is 1.13 bits per heavy atom. The maximum atomic E-state index is 13.0. The Kier molecular flexibility index (Phi) is 11.9. The van der Waals surface area contributed by atoms with E-state index in [0.29, 0.717) is 44.4 Å². The first-order chi connectivity index (χ1) is 18.0. The van der Waals surface area contributed by atoms with Crippen molar-refractivity contribution in [2.75, 3.05) is 20.2 Å². The molecule has 212 valence electrons. The topological polar surface area (TPSA) is 197 Å². The van der Waals surface area contributed by atoms with Crippen LogP contribution in [-0.2, 0) is 25.6 Å². The SMILES string of the molecule is COc1ccc(C[C@@H](CCCNC(=O)[C@@H]2CCCN2C(=O)[C@@H](N)[C@@H](C)O)C(=O)N[C@H](C(N)=O)[C@@H](C)O)cc1. The third-order valence-corrected chi connectivity index (χ3v) is 6.77. The number of hydrogen-bond acceptors (Lipinski definition) is 8. The van der Waals surface area contributed by atoms with Crippen LogP contribution in [0.25, 0.3) is 0 Å². The fourth-order valence-corrected chi connectivity index (χ4v) is 4.45. The van der Waals surface area contributed by atoms with Gasteiger partial charge in [-0.2, -0.15) is 0 Å². The zero-order chi connectivity index (χ0) is 28.4. The predicted molar refractivity (Wildman–Crippen MR) is 140 cm³/mol. The van der Waals surface area contributed by atoms with Crippen LogP contribution in [0.2, 0.25) is 0 Å². The molecule has 1 aliphatic heterocycles. The van der Waals surface area contributed by atoms with Gasteiger partial charge >= 0.3 is 0 Å². The minimum absolute atomic E-state index is 0.266. The summed E-state index contributed by atoms with van der Waals surface area (Å²) >= 11 is 0. The van der Waals surface area contributed by atoms with Crippen LogP contribution >= 0.6 is 0 Å². The summed E-state index contributed by atoms with van der Waals surface area (Å²) in [6.45, 7) is 3.46. The summed E-state index contributed by atoms with van der Waals surface area (Å²) in [6, 6.07) is 4.27. The highest BCUT2D eigenvalue weighted by atomic mass is 16.5. The van der Waals surface area contributed by atoms with Crippen molar-refractivity contribution in [3.05, 3.63) is 29.8 Å². The van der Waals surface area contributed by atoms with Crippen LogP contribution in [0.4, 0.5) is 0 Å². The first-order valence-corrected chi connectivity index (χ1v) is 12.9. The van der Waals surface area contributed by atoms with Gasteiger partial charge in [0.25, 0.3) is 0 Å². The number of primary amides is 1. The van der Waals surface area contributed by atoms with Gasteiger partial charge in [-0.3, -0.25) is 19.2 Å². The number of aliphatic hydroxyl groups is 2. The van der Waals surface area contributed by atoms with Crippen molar-refractivity contribution < 1.29 is 34.1 Å². The highest BCUT2D eigenvalue weighted by Crippen LogP contribution is 2.20. The molecule has 1 fully saturated rings. The van der Waals surface area contributed by atoms with Crippen molar-refractivity contribution in [1.29, 1.82) is 0 Å². The minimum atomic E-state index is -1.22. The molecule has 0 spiro atoms. The molecule has 38 heavy (non-hydrogen) atoms. The number of aliphatic hydroxyl groups excluding tert-OH is 2. The predicted octanol–water partition coefficient (Wildman–Crippen LogP) is -1.20.